The molecule has 0 aliphatic carbocycles. The third-order valence-electron chi connectivity index (χ3n) is 3.21. The highest BCUT2D eigenvalue weighted by molar-refractivity contribution is 9.10. The van der Waals surface area contributed by atoms with Crippen LogP contribution in [0.25, 0.3) is 0 Å². The lowest BCUT2D eigenvalue weighted by atomic mass is 10.1. The number of fused-ring (bicyclic) bond motifs is 1. The van der Waals surface area contributed by atoms with Crippen LogP contribution in [0.5, 0.6) is 0 Å². The van der Waals surface area contributed by atoms with E-state index < -0.39 is 0 Å². The van der Waals surface area contributed by atoms with Gasteiger partial charge in [0.25, 0.3) is 0 Å². The SMILES string of the molecule is O=C1CNc2ccccc2N1Cc1ccccc1Br. The number of amides is 1. The predicted molar refractivity (Wildman–Crippen MR) is 80.3 cm³/mol. The minimum atomic E-state index is 0.0921. The van der Waals surface area contributed by atoms with Crippen LogP contribution < -0.4 is 10.2 Å². The van der Waals surface area contributed by atoms with E-state index in [1.807, 2.05) is 53.4 Å². The smallest absolute Gasteiger partial charge is 0.246 e. The Morgan fingerprint density at radius 3 is 2.68 bits per heavy atom. The van der Waals surface area contributed by atoms with Crippen LogP contribution in [0.2, 0.25) is 0 Å². The second-order valence-corrected chi connectivity index (χ2v) is 5.30. The van der Waals surface area contributed by atoms with Gasteiger partial charge in [0, 0.05) is 4.47 Å². The van der Waals surface area contributed by atoms with E-state index >= 15 is 0 Å². The lowest BCUT2D eigenvalue weighted by molar-refractivity contribution is -0.117. The summed E-state index contributed by atoms with van der Waals surface area (Å²) >= 11 is 3.53. The van der Waals surface area contributed by atoms with E-state index in [1.54, 1.807) is 0 Å². The van der Waals surface area contributed by atoms with Crippen molar-refractivity contribution in [2.24, 2.45) is 0 Å². The molecule has 96 valence electrons. The first kappa shape index (κ1) is 12.2. The predicted octanol–water partition coefficient (Wildman–Crippen LogP) is 3.41. The van der Waals surface area contributed by atoms with Crippen molar-refractivity contribution in [3.63, 3.8) is 0 Å². The van der Waals surface area contributed by atoms with Crippen LogP contribution in [0.3, 0.4) is 0 Å². The zero-order chi connectivity index (χ0) is 13.2. The van der Waals surface area contributed by atoms with Crippen molar-refractivity contribution >= 4 is 33.2 Å². The number of halogens is 1. The Morgan fingerprint density at radius 1 is 1.11 bits per heavy atom. The molecule has 1 aliphatic heterocycles. The molecule has 1 aliphatic rings. The van der Waals surface area contributed by atoms with Gasteiger partial charge < -0.3 is 10.2 Å². The number of nitrogens with one attached hydrogen (secondary N) is 1. The van der Waals surface area contributed by atoms with E-state index in [2.05, 4.69) is 21.2 Å². The molecule has 0 unspecified atom stereocenters. The van der Waals surface area contributed by atoms with Crippen molar-refractivity contribution in [2.75, 3.05) is 16.8 Å². The molecule has 3 rings (SSSR count). The van der Waals surface area contributed by atoms with Crippen molar-refractivity contribution in [1.82, 2.24) is 0 Å². The first-order valence-corrected chi connectivity index (χ1v) is 6.91. The minimum Gasteiger partial charge on any atom is -0.374 e. The Labute approximate surface area is 120 Å². The molecule has 0 fully saturated rings. The van der Waals surface area contributed by atoms with E-state index in [1.165, 1.54) is 0 Å². The van der Waals surface area contributed by atoms with Crippen LogP contribution in [0, 0.1) is 0 Å². The van der Waals surface area contributed by atoms with Crippen LogP contribution in [-0.2, 0) is 11.3 Å². The van der Waals surface area contributed by atoms with Crippen LogP contribution >= 0.6 is 15.9 Å². The molecular formula is C15H13BrN2O. The van der Waals surface area contributed by atoms with Crippen molar-refractivity contribution in [3.05, 3.63) is 58.6 Å². The maximum absolute atomic E-state index is 12.1. The average Bonchev–Trinajstić information content (AvgIpc) is 2.44. The summed E-state index contributed by atoms with van der Waals surface area (Å²) in [7, 11) is 0. The first-order valence-electron chi connectivity index (χ1n) is 6.12. The van der Waals surface area contributed by atoms with Crippen molar-refractivity contribution in [3.8, 4) is 0 Å². The summed E-state index contributed by atoms with van der Waals surface area (Å²) in [5, 5.41) is 3.14. The largest absolute Gasteiger partial charge is 0.374 e. The zero-order valence-corrected chi connectivity index (χ0v) is 11.9. The fourth-order valence-corrected chi connectivity index (χ4v) is 2.64. The monoisotopic (exact) mass is 316 g/mol. The number of carbonyl (C=O) groups excluding carboxylic acids is 1. The highest BCUT2D eigenvalue weighted by atomic mass is 79.9. The number of hydrogen-bond donors (Lipinski definition) is 1. The number of nitrogens with zero attached hydrogens (tertiary/aromatic N) is 1. The lowest BCUT2D eigenvalue weighted by Gasteiger charge is -2.30. The Kier molecular flexibility index (Phi) is 3.25. The van der Waals surface area contributed by atoms with E-state index in [9.17, 15) is 4.79 Å². The van der Waals surface area contributed by atoms with Gasteiger partial charge in [0.15, 0.2) is 0 Å². The summed E-state index contributed by atoms with van der Waals surface area (Å²) in [6.07, 6.45) is 0. The minimum absolute atomic E-state index is 0.0921. The standard InChI is InChI=1S/C15H13BrN2O/c16-12-6-2-1-5-11(12)10-18-14-8-4-3-7-13(14)17-9-15(18)19/h1-8,17H,9-10H2. The van der Waals surface area contributed by atoms with Crippen molar-refractivity contribution in [2.45, 2.75) is 6.54 Å². The topological polar surface area (TPSA) is 32.3 Å². The molecule has 3 nitrogen and oxygen atoms in total. The van der Waals surface area contributed by atoms with E-state index in [0.29, 0.717) is 13.1 Å². The number of anilines is 2. The Balaban J connectivity index is 1.96. The summed E-state index contributed by atoms with van der Waals surface area (Å²) in [5.41, 5.74) is 3.05. The number of hydrogen-bond acceptors (Lipinski definition) is 2. The Hall–Kier alpha value is -1.81. The van der Waals surface area contributed by atoms with Gasteiger partial charge in [-0.1, -0.05) is 46.3 Å². The average molecular weight is 317 g/mol. The molecule has 0 bridgehead atoms. The van der Waals surface area contributed by atoms with Gasteiger partial charge in [0.1, 0.15) is 0 Å². The van der Waals surface area contributed by atoms with E-state index in [4.69, 9.17) is 0 Å². The molecule has 2 aromatic carbocycles. The summed E-state index contributed by atoms with van der Waals surface area (Å²) in [4.78, 5) is 13.9. The molecule has 0 saturated carbocycles. The highest BCUT2D eigenvalue weighted by Crippen LogP contribution is 2.31. The highest BCUT2D eigenvalue weighted by Gasteiger charge is 2.23. The fourth-order valence-electron chi connectivity index (χ4n) is 2.23. The molecule has 4 heteroatoms. The molecule has 0 atom stereocenters. The maximum atomic E-state index is 12.1. The van der Waals surface area contributed by atoms with Gasteiger partial charge in [-0.2, -0.15) is 0 Å². The molecule has 1 amide bonds. The lowest BCUT2D eigenvalue weighted by Crippen LogP contribution is -2.39. The van der Waals surface area contributed by atoms with Gasteiger partial charge >= 0.3 is 0 Å². The number of rotatable bonds is 2. The third-order valence-corrected chi connectivity index (χ3v) is 3.99. The van der Waals surface area contributed by atoms with Crippen LogP contribution in [0.1, 0.15) is 5.56 Å². The Morgan fingerprint density at radius 2 is 1.84 bits per heavy atom. The van der Waals surface area contributed by atoms with Gasteiger partial charge in [0.2, 0.25) is 5.91 Å². The molecule has 1 N–H and O–H groups in total. The summed E-state index contributed by atoms with van der Waals surface area (Å²) in [6, 6.07) is 15.9. The van der Waals surface area contributed by atoms with Gasteiger partial charge in [0.05, 0.1) is 24.5 Å². The zero-order valence-electron chi connectivity index (χ0n) is 10.3. The van der Waals surface area contributed by atoms with Crippen molar-refractivity contribution in [1.29, 1.82) is 0 Å². The van der Waals surface area contributed by atoms with Gasteiger partial charge in [-0.25, -0.2) is 0 Å². The van der Waals surface area contributed by atoms with E-state index in [-0.39, 0.29) is 5.91 Å². The first-order chi connectivity index (χ1) is 9.25. The maximum Gasteiger partial charge on any atom is 0.246 e. The molecule has 0 saturated heterocycles. The molecule has 2 aromatic rings. The van der Waals surface area contributed by atoms with Gasteiger partial charge in [-0.3, -0.25) is 4.79 Å². The molecule has 0 radical (unpaired) electrons. The molecule has 1 heterocycles. The number of benzene rings is 2. The molecular weight excluding hydrogens is 304 g/mol. The quantitative estimate of drug-likeness (QED) is 0.921. The molecule has 0 aromatic heterocycles. The van der Waals surface area contributed by atoms with Crippen LogP contribution in [-0.4, -0.2) is 12.5 Å². The normalized spacial score (nSPS) is 13.9. The Bertz CT molecular complexity index is 627. The summed E-state index contributed by atoms with van der Waals surface area (Å²) in [5.74, 6) is 0.0921. The third kappa shape index (κ3) is 2.36. The van der Waals surface area contributed by atoms with Crippen molar-refractivity contribution < 1.29 is 4.79 Å². The van der Waals surface area contributed by atoms with Gasteiger partial charge in [-0.15, -0.1) is 0 Å². The fraction of sp³-hybridized carbons (Fsp3) is 0.133. The molecule has 19 heavy (non-hydrogen) atoms. The number of para-hydroxylation sites is 2. The molecule has 0 spiro atoms. The van der Waals surface area contributed by atoms with Crippen LogP contribution in [0.15, 0.2) is 53.0 Å². The summed E-state index contributed by atoms with van der Waals surface area (Å²) < 4.78 is 1.03. The van der Waals surface area contributed by atoms with Gasteiger partial charge in [-0.05, 0) is 23.8 Å². The second kappa shape index (κ2) is 5.05. The van der Waals surface area contributed by atoms with Crippen LogP contribution in [0.4, 0.5) is 11.4 Å². The van der Waals surface area contributed by atoms with E-state index in [0.717, 1.165) is 21.4 Å². The summed E-state index contributed by atoms with van der Waals surface area (Å²) in [6.45, 7) is 0.931. The second-order valence-electron chi connectivity index (χ2n) is 4.44. The number of carbonyl (C=O) groups is 1.